The van der Waals surface area contributed by atoms with Gasteiger partial charge in [-0.25, -0.2) is 4.68 Å². The fourth-order valence-corrected chi connectivity index (χ4v) is 3.86. The molecule has 5 nitrogen and oxygen atoms in total. The van der Waals surface area contributed by atoms with Gasteiger partial charge in [-0.2, -0.15) is 13.9 Å². The Bertz CT molecular complexity index is 589. The van der Waals surface area contributed by atoms with Crippen molar-refractivity contribution < 1.29 is 13.6 Å². The van der Waals surface area contributed by atoms with Crippen molar-refractivity contribution >= 4 is 18.3 Å². The number of aryl methyl sites for hydroxylation is 1. The van der Waals surface area contributed by atoms with E-state index < -0.39 is 6.55 Å². The zero-order valence-corrected chi connectivity index (χ0v) is 15.0. The summed E-state index contributed by atoms with van der Waals surface area (Å²) in [4.78, 5) is 14.4. The van der Waals surface area contributed by atoms with Gasteiger partial charge in [0, 0.05) is 30.9 Å². The van der Waals surface area contributed by atoms with Crippen LogP contribution in [0.3, 0.4) is 0 Å². The lowest BCUT2D eigenvalue weighted by molar-refractivity contribution is -0.132. The van der Waals surface area contributed by atoms with Crippen molar-refractivity contribution in [2.75, 3.05) is 26.2 Å². The molecule has 136 valence electrons. The summed E-state index contributed by atoms with van der Waals surface area (Å²) in [5.41, 5.74) is 1.91. The van der Waals surface area contributed by atoms with Gasteiger partial charge in [0.15, 0.2) is 0 Å². The minimum absolute atomic E-state index is 0. The van der Waals surface area contributed by atoms with E-state index in [1.165, 1.54) is 6.42 Å². The zero-order chi connectivity index (χ0) is 16.6. The van der Waals surface area contributed by atoms with Crippen LogP contribution < -0.4 is 5.32 Å². The number of alkyl halides is 2. The van der Waals surface area contributed by atoms with Crippen LogP contribution in [0.2, 0.25) is 0 Å². The molecule has 8 heteroatoms. The van der Waals surface area contributed by atoms with Gasteiger partial charge in [-0.3, -0.25) is 4.79 Å². The molecule has 1 aromatic heterocycles. The molecule has 3 rings (SSSR count). The molecule has 0 aliphatic carbocycles. The summed E-state index contributed by atoms with van der Waals surface area (Å²) in [6.45, 7) is 4.27. The molecule has 0 unspecified atom stereocenters. The summed E-state index contributed by atoms with van der Waals surface area (Å²) in [5, 5.41) is 7.26. The Hall–Kier alpha value is -1.21. The predicted molar refractivity (Wildman–Crippen MR) is 89.6 cm³/mol. The summed E-state index contributed by atoms with van der Waals surface area (Å²) in [6, 6.07) is 0. The summed E-state index contributed by atoms with van der Waals surface area (Å²) in [6.07, 6.45) is 3.41. The highest BCUT2D eigenvalue weighted by Crippen LogP contribution is 2.37. The molecule has 3 heterocycles. The molecule has 0 aromatic carbocycles. The number of likely N-dealkylation sites (tertiary alicyclic amines) is 1. The number of nitrogens with one attached hydrogen (secondary N) is 1. The summed E-state index contributed by atoms with van der Waals surface area (Å²) in [7, 11) is 0. The molecule has 2 aliphatic rings. The molecule has 1 spiro atoms. The van der Waals surface area contributed by atoms with Gasteiger partial charge < -0.3 is 10.2 Å². The second-order valence-electron chi connectivity index (χ2n) is 6.86. The third kappa shape index (κ3) is 3.57. The Morgan fingerprint density at radius 2 is 1.96 bits per heavy atom. The first kappa shape index (κ1) is 19.1. The summed E-state index contributed by atoms with van der Waals surface area (Å²) >= 11 is 0. The molecule has 1 N–H and O–H groups in total. The number of piperidine rings is 1. The van der Waals surface area contributed by atoms with Crippen LogP contribution in [0.1, 0.15) is 42.8 Å². The Morgan fingerprint density at radius 3 is 2.46 bits per heavy atom. The number of nitrogens with zero attached hydrogens (tertiary/aromatic N) is 3. The average Bonchev–Trinajstić information content (AvgIpc) is 3.08. The normalized spacial score (nSPS) is 19.8. The van der Waals surface area contributed by atoms with Crippen LogP contribution in [0.15, 0.2) is 0 Å². The van der Waals surface area contributed by atoms with E-state index in [1.54, 1.807) is 13.8 Å². The molecule has 0 radical (unpaired) electrons. The largest absolute Gasteiger partial charge is 0.342 e. The van der Waals surface area contributed by atoms with E-state index in [2.05, 4.69) is 10.4 Å². The quantitative estimate of drug-likeness (QED) is 0.898. The number of hydrogen-bond donors (Lipinski definition) is 1. The van der Waals surface area contributed by atoms with E-state index in [9.17, 15) is 13.6 Å². The van der Waals surface area contributed by atoms with E-state index >= 15 is 0 Å². The zero-order valence-electron chi connectivity index (χ0n) is 14.1. The highest BCUT2D eigenvalue weighted by molar-refractivity contribution is 5.85. The second kappa shape index (κ2) is 7.35. The van der Waals surface area contributed by atoms with Gasteiger partial charge in [-0.05, 0) is 45.1 Å². The lowest BCUT2D eigenvalue weighted by atomic mass is 9.78. The molecule has 1 amide bonds. The monoisotopic (exact) mass is 362 g/mol. The topological polar surface area (TPSA) is 50.2 Å². The number of aromatic nitrogens is 2. The fraction of sp³-hybridized carbons (Fsp3) is 0.750. The van der Waals surface area contributed by atoms with Crippen molar-refractivity contribution in [1.29, 1.82) is 0 Å². The van der Waals surface area contributed by atoms with Crippen molar-refractivity contribution in [2.45, 2.75) is 46.1 Å². The predicted octanol–water partition coefficient (Wildman–Crippen LogP) is 2.46. The smallest absolute Gasteiger partial charge is 0.333 e. The Balaban J connectivity index is 0.00000208. The van der Waals surface area contributed by atoms with Gasteiger partial charge in [-0.15, -0.1) is 12.4 Å². The maximum atomic E-state index is 12.9. The summed E-state index contributed by atoms with van der Waals surface area (Å²) in [5.74, 6) is 0.0193. The number of carbonyl (C=O) groups excluding carboxylic acids is 1. The highest BCUT2D eigenvalue weighted by Gasteiger charge is 2.38. The van der Waals surface area contributed by atoms with Gasteiger partial charge >= 0.3 is 6.55 Å². The van der Waals surface area contributed by atoms with E-state index in [0.717, 1.165) is 39.0 Å². The lowest BCUT2D eigenvalue weighted by Crippen LogP contribution is -2.44. The van der Waals surface area contributed by atoms with Gasteiger partial charge in [0.05, 0.1) is 12.1 Å². The van der Waals surface area contributed by atoms with E-state index in [4.69, 9.17) is 0 Å². The first-order valence-corrected chi connectivity index (χ1v) is 8.23. The van der Waals surface area contributed by atoms with Crippen molar-refractivity contribution in [2.24, 2.45) is 5.41 Å². The Kier molecular flexibility index (Phi) is 5.86. The van der Waals surface area contributed by atoms with Crippen molar-refractivity contribution in [3.05, 3.63) is 17.0 Å². The van der Waals surface area contributed by atoms with Gasteiger partial charge in [-0.1, -0.05) is 0 Å². The molecule has 0 bridgehead atoms. The molecule has 24 heavy (non-hydrogen) atoms. The average molecular weight is 363 g/mol. The molecule has 2 fully saturated rings. The molecule has 2 aliphatic heterocycles. The van der Waals surface area contributed by atoms with Crippen LogP contribution in [0.5, 0.6) is 0 Å². The van der Waals surface area contributed by atoms with Crippen LogP contribution in [0, 0.1) is 19.3 Å². The second-order valence-corrected chi connectivity index (χ2v) is 6.86. The van der Waals surface area contributed by atoms with Gasteiger partial charge in [0.1, 0.15) is 0 Å². The molecule has 0 atom stereocenters. The van der Waals surface area contributed by atoms with Crippen LogP contribution in [-0.2, 0) is 11.2 Å². The minimum Gasteiger partial charge on any atom is -0.342 e. The van der Waals surface area contributed by atoms with E-state index in [0.29, 0.717) is 27.0 Å². The van der Waals surface area contributed by atoms with E-state index in [1.807, 2.05) is 4.90 Å². The van der Waals surface area contributed by atoms with Crippen LogP contribution in [-0.4, -0.2) is 46.8 Å². The first-order valence-electron chi connectivity index (χ1n) is 8.23. The van der Waals surface area contributed by atoms with Crippen LogP contribution >= 0.6 is 12.4 Å². The van der Waals surface area contributed by atoms with Crippen LogP contribution in [0.4, 0.5) is 8.78 Å². The molecular formula is C16H25ClF2N4O. The molecule has 2 saturated heterocycles. The van der Waals surface area contributed by atoms with Crippen molar-refractivity contribution in [1.82, 2.24) is 20.0 Å². The summed E-state index contributed by atoms with van der Waals surface area (Å²) < 4.78 is 26.5. The standard InChI is InChI=1S/C16H24F2N4O.ClH/c1-11-13(12(2)22(20-11)15(17)18)9-14(23)21-7-4-16(5-8-21)3-6-19-10-16;/h15,19H,3-10H2,1-2H3;1H. The van der Waals surface area contributed by atoms with E-state index in [-0.39, 0.29) is 24.7 Å². The molecule has 1 aromatic rings. The third-order valence-electron chi connectivity index (χ3n) is 5.50. The third-order valence-corrected chi connectivity index (χ3v) is 5.50. The maximum Gasteiger partial charge on any atom is 0.333 e. The van der Waals surface area contributed by atoms with Gasteiger partial charge in [0.2, 0.25) is 5.91 Å². The first-order chi connectivity index (χ1) is 10.9. The lowest BCUT2D eigenvalue weighted by Gasteiger charge is -2.39. The fourth-order valence-electron chi connectivity index (χ4n) is 3.86. The Morgan fingerprint density at radius 1 is 1.29 bits per heavy atom. The Labute approximate surface area is 147 Å². The highest BCUT2D eigenvalue weighted by atomic mass is 35.5. The number of halogens is 3. The number of amides is 1. The number of carbonyl (C=O) groups is 1. The van der Waals surface area contributed by atoms with Gasteiger partial charge in [0.25, 0.3) is 0 Å². The van der Waals surface area contributed by atoms with Crippen LogP contribution in [0.25, 0.3) is 0 Å². The SMILES string of the molecule is Cc1nn(C(F)F)c(C)c1CC(=O)N1CCC2(CCNC2)CC1.Cl. The van der Waals surface area contributed by atoms with Crippen molar-refractivity contribution in [3.8, 4) is 0 Å². The van der Waals surface area contributed by atoms with Crippen molar-refractivity contribution in [3.63, 3.8) is 0 Å². The number of rotatable bonds is 3. The minimum atomic E-state index is -2.66. The maximum absolute atomic E-state index is 12.9. The molecular weight excluding hydrogens is 338 g/mol. The number of hydrogen-bond acceptors (Lipinski definition) is 3. The molecule has 0 saturated carbocycles.